The summed E-state index contributed by atoms with van der Waals surface area (Å²) in [4.78, 5) is 0.270. The van der Waals surface area contributed by atoms with Crippen LogP contribution in [0.15, 0.2) is 15.4 Å². The number of halogens is 1. The maximum absolute atomic E-state index is 12.7. The van der Waals surface area contributed by atoms with Gasteiger partial charge in [0.1, 0.15) is 16.4 Å². The van der Waals surface area contributed by atoms with E-state index in [9.17, 15) is 8.42 Å². The molecule has 0 amide bonds. The third kappa shape index (κ3) is 3.15. The normalized spacial score (nSPS) is 16.2. The van der Waals surface area contributed by atoms with Gasteiger partial charge in [-0.25, -0.2) is 8.42 Å². The Morgan fingerprint density at radius 2 is 2.16 bits per heavy atom. The summed E-state index contributed by atoms with van der Waals surface area (Å²) >= 11 is 5.70. The van der Waals surface area contributed by atoms with Crippen LogP contribution in [0.25, 0.3) is 0 Å². The molecule has 1 fully saturated rings. The number of alkyl halides is 1. The number of hydrogen-bond donors (Lipinski definition) is 0. The van der Waals surface area contributed by atoms with Gasteiger partial charge in [-0.15, -0.1) is 11.6 Å². The van der Waals surface area contributed by atoms with E-state index < -0.39 is 10.0 Å². The average Bonchev–Trinajstić information content (AvgIpc) is 3.11. The topological polar surface area (TPSA) is 50.5 Å². The summed E-state index contributed by atoms with van der Waals surface area (Å²) in [6.45, 7) is 4.32. The lowest BCUT2D eigenvalue weighted by Crippen LogP contribution is -2.34. The van der Waals surface area contributed by atoms with Gasteiger partial charge in [0.15, 0.2) is 0 Å². The Bertz CT molecular complexity index is 534. The highest BCUT2D eigenvalue weighted by molar-refractivity contribution is 7.89. The summed E-state index contributed by atoms with van der Waals surface area (Å²) in [6, 6.07) is 1.73. The van der Waals surface area contributed by atoms with Gasteiger partial charge in [0, 0.05) is 18.7 Å². The molecular weight excluding hydrogens is 286 g/mol. The quantitative estimate of drug-likeness (QED) is 0.726. The maximum Gasteiger partial charge on any atom is 0.246 e. The van der Waals surface area contributed by atoms with Crippen LogP contribution in [0.1, 0.15) is 44.1 Å². The van der Waals surface area contributed by atoms with Gasteiger partial charge >= 0.3 is 0 Å². The first-order valence-corrected chi connectivity index (χ1v) is 8.65. The lowest BCUT2D eigenvalue weighted by Gasteiger charge is -2.21. The van der Waals surface area contributed by atoms with Crippen LogP contribution >= 0.6 is 11.6 Å². The predicted molar refractivity (Wildman–Crippen MR) is 74.8 cm³/mol. The molecule has 0 radical (unpaired) electrons. The van der Waals surface area contributed by atoms with Crippen LogP contribution in [0.2, 0.25) is 0 Å². The molecule has 0 unspecified atom stereocenters. The van der Waals surface area contributed by atoms with Gasteiger partial charge in [-0.2, -0.15) is 4.31 Å². The molecule has 2 rings (SSSR count). The second kappa shape index (κ2) is 5.85. The second-order valence-corrected chi connectivity index (χ2v) is 7.09. The highest BCUT2D eigenvalue weighted by Gasteiger charge is 2.39. The molecule has 0 saturated heterocycles. The largest absolute Gasteiger partial charge is 0.464 e. The van der Waals surface area contributed by atoms with E-state index in [1.54, 1.807) is 17.3 Å². The van der Waals surface area contributed by atoms with Gasteiger partial charge in [0.25, 0.3) is 0 Å². The molecule has 0 bridgehead atoms. The molecule has 108 valence electrons. The van der Waals surface area contributed by atoms with Crippen molar-refractivity contribution >= 4 is 21.6 Å². The molecule has 1 aliphatic carbocycles. The van der Waals surface area contributed by atoms with Crippen molar-refractivity contribution in [3.63, 3.8) is 0 Å². The van der Waals surface area contributed by atoms with E-state index in [4.69, 9.17) is 16.0 Å². The minimum absolute atomic E-state index is 0.172. The van der Waals surface area contributed by atoms with E-state index in [1.807, 2.05) is 0 Å². The van der Waals surface area contributed by atoms with E-state index in [1.165, 1.54) is 0 Å². The van der Waals surface area contributed by atoms with Crippen LogP contribution in [0.4, 0.5) is 0 Å². The third-order valence-corrected chi connectivity index (χ3v) is 5.65. The molecule has 0 aromatic carbocycles. The molecular formula is C13H20ClNO3S. The second-order valence-electron chi connectivity index (χ2n) is 4.97. The van der Waals surface area contributed by atoms with Crippen molar-refractivity contribution in [2.24, 2.45) is 0 Å². The number of nitrogens with zero attached hydrogens (tertiary/aromatic N) is 1. The van der Waals surface area contributed by atoms with Crippen molar-refractivity contribution in [3.8, 4) is 0 Å². The van der Waals surface area contributed by atoms with Crippen LogP contribution in [0.3, 0.4) is 0 Å². The van der Waals surface area contributed by atoms with Crippen molar-refractivity contribution in [2.75, 3.05) is 6.54 Å². The molecule has 0 N–H and O–H groups in total. The van der Waals surface area contributed by atoms with E-state index in [0.717, 1.165) is 25.7 Å². The summed E-state index contributed by atoms with van der Waals surface area (Å²) in [5.74, 6) is 1.12. The van der Waals surface area contributed by atoms with Gasteiger partial charge in [-0.1, -0.05) is 13.3 Å². The van der Waals surface area contributed by atoms with E-state index in [0.29, 0.717) is 18.1 Å². The van der Waals surface area contributed by atoms with E-state index in [2.05, 4.69) is 6.92 Å². The van der Waals surface area contributed by atoms with E-state index >= 15 is 0 Å². The predicted octanol–water partition coefficient (Wildman–Crippen LogP) is 3.28. The SMILES string of the molecule is CCCCN(C1CC1)S(=O)(=O)c1cc(CCl)oc1C. The Hall–Kier alpha value is -0.520. The highest BCUT2D eigenvalue weighted by Crippen LogP contribution is 2.34. The molecule has 6 heteroatoms. The Morgan fingerprint density at radius 1 is 1.47 bits per heavy atom. The number of sulfonamides is 1. The monoisotopic (exact) mass is 305 g/mol. The zero-order valence-corrected chi connectivity index (χ0v) is 12.9. The molecule has 0 spiro atoms. The minimum Gasteiger partial charge on any atom is -0.464 e. The van der Waals surface area contributed by atoms with Crippen molar-refractivity contribution < 1.29 is 12.8 Å². The summed E-state index contributed by atoms with van der Waals surface area (Å²) in [5.41, 5.74) is 0. The lowest BCUT2D eigenvalue weighted by molar-refractivity contribution is 0.394. The standard InChI is InChI=1S/C13H20ClNO3S/c1-3-4-7-15(11-5-6-11)19(16,17)13-8-12(9-14)18-10(13)2/h8,11H,3-7,9H2,1-2H3. The number of hydrogen-bond acceptors (Lipinski definition) is 3. The zero-order valence-electron chi connectivity index (χ0n) is 11.4. The number of aryl methyl sites for hydroxylation is 1. The molecule has 4 nitrogen and oxygen atoms in total. The van der Waals surface area contributed by atoms with Crippen LogP contribution in [-0.2, 0) is 15.9 Å². The van der Waals surface area contributed by atoms with Crippen LogP contribution in [-0.4, -0.2) is 25.3 Å². The van der Waals surface area contributed by atoms with E-state index in [-0.39, 0.29) is 16.8 Å². The van der Waals surface area contributed by atoms with Crippen LogP contribution in [0, 0.1) is 6.92 Å². The Morgan fingerprint density at radius 3 is 2.63 bits per heavy atom. The van der Waals surface area contributed by atoms with Gasteiger partial charge in [0.2, 0.25) is 10.0 Å². The molecule has 1 saturated carbocycles. The molecule has 0 atom stereocenters. The number of rotatable bonds is 7. The van der Waals surface area contributed by atoms with Crippen molar-refractivity contribution in [3.05, 3.63) is 17.6 Å². The third-order valence-electron chi connectivity index (χ3n) is 3.33. The lowest BCUT2D eigenvalue weighted by atomic mass is 10.3. The molecule has 1 aromatic rings. The van der Waals surface area contributed by atoms with Gasteiger partial charge < -0.3 is 4.42 Å². The Labute approximate surface area is 119 Å². The van der Waals surface area contributed by atoms with Crippen molar-refractivity contribution in [1.29, 1.82) is 0 Å². The van der Waals surface area contributed by atoms with Crippen molar-refractivity contribution in [2.45, 2.75) is 56.3 Å². The van der Waals surface area contributed by atoms with Crippen LogP contribution < -0.4 is 0 Å². The smallest absolute Gasteiger partial charge is 0.246 e. The summed E-state index contributed by atoms with van der Waals surface area (Å²) in [6.07, 6.45) is 3.79. The molecule has 0 aliphatic heterocycles. The Kier molecular flexibility index (Phi) is 4.58. The first-order chi connectivity index (χ1) is 9.00. The molecule has 1 heterocycles. The summed E-state index contributed by atoms with van der Waals surface area (Å²) < 4.78 is 32.4. The molecule has 1 aliphatic rings. The molecule has 19 heavy (non-hydrogen) atoms. The van der Waals surface area contributed by atoms with Crippen LogP contribution in [0.5, 0.6) is 0 Å². The highest BCUT2D eigenvalue weighted by atomic mass is 35.5. The number of furan rings is 1. The fraction of sp³-hybridized carbons (Fsp3) is 0.692. The Balaban J connectivity index is 2.30. The average molecular weight is 306 g/mol. The summed E-state index contributed by atoms with van der Waals surface area (Å²) in [5, 5.41) is 0. The fourth-order valence-corrected chi connectivity index (χ4v) is 4.19. The van der Waals surface area contributed by atoms with Gasteiger partial charge in [-0.3, -0.25) is 0 Å². The number of unbranched alkanes of at least 4 members (excludes halogenated alkanes) is 1. The molecule has 1 aromatic heterocycles. The first kappa shape index (κ1) is 14.9. The van der Waals surface area contributed by atoms with Gasteiger partial charge in [0.05, 0.1) is 5.88 Å². The zero-order chi connectivity index (χ0) is 14.0. The maximum atomic E-state index is 12.7. The summed E-state index contributed by atoms with van der Waals surface area (Å²) in [7, 11) is -3.45. The first-order valence-electron chi connectivity index (χ1n) is 6.67. The van der Waals surface area contributed by atoms with Gasteiger partial charge in [-0.05, 0) is 26.2 Å². The fourth-order valence-electron chi connectivity index (χ4n) is 2.15. The minimum atomic E-state index is -3.45. The van der Waals surface area contributed by atoms with Crippen molar-refractivity contribution in [1.82, 2.24) is 4.31 Å².